The summed E-state index contributed by atoms with van der Waals surface area (Å²) < 4.78 is 5.50. The van der Waals surface area contributed by atoms with E-state index in [4.69, 9.17) is 4.74 Å². The molecule has 1 saturated heterocycles. The summed E-state index contributed by atoms with van der Waals surface area (Å²) in [6.07, 6.45) is 2.83. The van der Waals surface area contributed by atoms with E-state index in [1.807, 2.05) is 31.4 Å². The molecule has 1 fully saturated rings. The number of methoxy groups -OCH3 is 1. The van der Waals surface area contributed by atoms with Crippen LogP contribution in [0.1, 0.15) is 5.69 Å². The highest BCUT2D eigenvalue weighted by molar-refractivity contribution is 5.58. The van der Waals surface area contributed by atoms with Crippen LogP contribution in [-0.4, -0.2) is 62.8 Å². The topological polar surface area (TPSA) is 40.6 Å². The van der Waals surface area contributed by atoms with Gasteiger partial charge >= 0.3 is 0 Å². The smallest absolute Gasteiger partial charge is 0.142 e. The molecule has 1 N–H and O–H groups in total. The normalized spacial score (nSPS) is 16.6. The molecule has 1 unspecified atom stereocenters. The molecule has 0 amide bonds. The summed E-state index contributed by atoms with van der Waals surface area (Å²) in [6.45, 7) is 5.24. The largest absolute Gasteiger partial charge is 0.495 e. The van der Waals surface area contributed by atoms with Crippen molar-refractivity contribution in [2.75, 3.05) is 51.8 Å². The van der Waals surface area contributed by atoms with Gasteiger partial charge in [0, 0.05) is 57.1 Å². The van der Waals surface area contributed by atoms with Crippen LogP contribution in [0, 0.1) is 0 Å². The Morgan fingerprint density at radius 1 is 1.08 bits per heavy atom. The van der Waals surface area contributed by atoms with E-state index >= 15 is 0 Å². The van der Waals surface area contributed by atoms with Crippen LogP contribution in [0.4, 0.5) is 5.69 Å². The molecule has 0 saturated carbocycles. The highest BCUT2D eigenvalue weighted by atomic mass is 16.5. The minimum absolute atomic E-state index is 0.424. The van der Waals surface area contributed by atoms with Gasteiger partial charge in [-0.1, -0.05) is 18.2 Å². The van der Waals surface area contributed by atoms with Gasteiger partial charge in [-0.2, -0.15) is 0 Å². The van der Waals surface area contributed by atoms with Crippen molar-refractivity contribution in [3.63, 3.8) is 0 Å². The molecule has 1 aliphatic rings. The molecule has 0 bridgehead atoms. The number of rotatable bonds is 7. The third kappa shape index (κ3) is 4.71. The zero-order valence-corrected chi connectivity index (χ0v) is 15.2. The summed E-state index contributed by atoms with van der Waals surface area (Å²) in [4.78, 5) is 9.41. The second-order valence-corrected chi connectivity index (χ2v) is 6.47. The molecule has 1 aromatic heterocycles. The number of pyridine rings is 1. The van der Waals surface area contributed by atoms with Crippen molar-refractivity contribution in [3.8, 4) is 5.75 Å². The van der Waals surface area contributed by atoms with Gasteiger partial charge in [-0.05, 0) is 31.3 Å². The van der Waals surface area contributed by atoms with Gasteiger partial charge in [-0.15, -0.1) is 0 Å². The van der Waals surface area contributed by atoms with E-state index in [1.54, 1.807) is 7.11 Å². The first-order valence-electron chi connectivity index (χ1n) is 8.97. The molecule has 1 aromatic carbocycles. The third-order valence-corrected chi connectivity index (χ3v) is 4.87. The summed E-state index contributed by atoms with van der Waals surface area (Å²) >= 11 is 0. The number of aromatic nitrogens is 1. The Labute approximate surface area is 150 Å². The Hall–Kier alpha value is -2.11. The first-order valence-corrected chi connectivity index (χ1v) is 8.97. The first-order chi connectivity index (χ1) is 12.3. The van der Waals surface area contributed by atoms with Crippen molar-refractivity contribution in [1.29, 1.82) is 0 Å². The fraction of sp³-hybridized carbons (Fsp3) is 0.450. The number of nitrogens with one attached hydrogen (secondary N) is 1. The highest BCUT2D eigenvalue weighted by Gasteiger charge is 2.21. The average Bonchev–Trinajstić information content (AvgIpc) is 2.69. The molecule has 0 aliphatic carbocycles. The quantitative estimate of drug-likeness (QED) is 0.835. The molecule has 5 nitrogen and oxygen atoms in total. The van der Waals surface area contributed by atoms with Crippen LogP contribution in [0.15, 0.2) is 48.7 Å². The lowest BCUT2D eigenvalue weighted by Crippen LogP contribution is -2.51. The molecule has 0 spiro atoms. The first kappa shape index (κ1) is 17.7. The molecular formula is C20H28N4O. The van der Waals surface area contributed by atoms with Crippen molar-refractivity contribution in [3.05, 3.63) is 54.4 Å². The van der Waals surface area contributed by atoms with Crippen LogP contribution < -0.4 is 15.0 Å². The number of hydrogen-bond donors (Lipinski definition) is 1. The number of hydrogen-bond acceptors (Lipinski definition) is 5. The second-order valence-electron chi connectivity index (χ2n) is 6.47. The van der Waals surface area contributed by atoms with Crippen LogP contribution in [-0.2, 0) is 6.42 Å². The second kappa shape index (κ2) is 8.83. The van der Waals surface area contributed by atoms with Crippen LogP contribution >= 0.6 is 0 Å². The van der Waals surface area contributed by atoms with Crippen LogP contribution in [0.3, 0.4) is 0 Å². The minimum Gasteiger partial charge on any atom is -0.495 e. The van der Waals surface area contributed by atoms with Crippen molar-refractivity contribution in [2.45, 2.75) is 12.5 Å². The fourth-order valence-corrected chi connectivity index (χ4v) is 3.40. The lowest BCUT2D eigenvalue weighted by molar-refractivity contribution is 0.231. The van der Waals surface area contributed by atoms with Crippen molar-refractivity contribution >= 4 is 5.69 Å². The molecule has 25 heavy (non-hydrogen) atoms. The van der Waals surface area contributed by atoms with Gasteiger partial charge in [0.2, 0.25) is 0 Å². The van der Waals surface area contributed by atoms with E-state index in [2.05, 4.69) is 44.4 Å². The van der Waals surface area contributed by atoms with Gasteiger partial charge in [0.05, 0.1) is 12.8 Å². The zero-order valence-electron chi connectivity index (χ0n) is 15.2. The van der Waals surface area contributed by atoms with E-state index < -0.39 is 0 Å². The van der Waals surface area contributed by atoms with Gasteiger partial charge < -0.3 is 15.0 Å². The van der Waals surface area contributed by atoms with E-state index in [0.717, 1.165) is 50.6 Å². The van der Waals surface area contributed by atoms with Crippen LogP contribution in [0.5, 0.6) is 5.75 Å². The minimum atomic E-state index is 0.424. The molecular weight excluding hydrogens is 312 g/mol. The predicted molar refractivity (Wildman–Crippen MR) is 102 cm³/mol. The van der Waals surface area contributed by atoms with Gasteiger partial charge in [-0.25, -0.2) is 0 Å². The van der Waals surface area contributed by atoms with Crippen LogP contribution in [0.2, 0.25) is 0 Å². The van der Waals surface area contributed by atoms with Gasteiger partial charge in [-0.3, -0.25) is 9.88 Å². The Kier molecular flexibility index (Phi) is 6.25. The molecule has 3 rings (SSSR count). The average molecular weight is 340 g/mol. The SMILES string of the molecule is CNC(Cc1ccccn1)CN1CCN(c2ccccc2OC)CC1. The molecule has 1 atom stereocenters. The van der Waals surface area contributed by atoms with Crippen LogP contribution in [0.25, 0.3) is 0 Å². The maximum atomic E-state index is 5.50. The standard InChI is InChI=1S/C20H28N4O/c1-21-18(15-17-7-5-6-10-22-17)16-23-11-13-24(14-12-23)19-8-3-4-9-20(19)25-2/h3-10,18,21H,11-16H2,1-2H3. The van der Waals surface area contributed by atoms with E-state index in [0.29, 0.717) is 6.04 Å². The maximum absolute atomic E-state index is 5.50. The number of piperazine rings is 1. The Morgan fingerprint density at radius 3 is 2.52 bits per heavy atom. The molecule has 134 valence electrons. The summed E-state index contributed by atoms with van der Waals surface area (Å²) in [5, 5.41) is 3.44. The number of likely N-dealkylation sites (N-methyl/N-ethyl adjacent to an activating group) is 1. The predicted octanol–water partition coefficient (Wildman–Crippen LogP) is 2.04. The number of ether oxygens (including phenoxy) is 1. The lowest BCUT2D eigenvalue weighted by atomic mass is 10.1. The van der Waals surface area contributed by atoms with Crippen molar-refractivity contribution in [2.24, 2.45) is 0 Å². The number of anilines is 1. The molecule has 2 aromatic rings. The Morgan fingerprint density at radius 2 is 1.84 bits per heavy atom. The molecule has 2 heterocycles. The maximum Gasteiger partial charge on any atom is 0.142 e. The zero-order chi connectivity index (χ0) is 17.5. The highest BCUT2D eigenvalue weighted by Crippen LogP contribution is 2.28. The van der Waals surface area contributed by atoms with E-state index in [9.17, 15) is 0 Å². The molecule has 1 aliphatic heterocycles. The lowest BCUT2D eigenvalue weighted by Gasteiger charge is -2.38. The number of benzene rings is 1. The summed E-state index contributed by atoms with van der Waals surface area (Å²) in [7, 11) is 3.78. The fourth-order valence-electron chi connectivity index (χ4n) is 3.40. The van der Waals surface area contributed by atoms with E-state index in [1.165, 1.54) is 5.69 Å². The van der Waals surface area contributed by atoms with Crippen molar-refractivity contribution in [1.82, 2.24) is 15.2 Å². The summed E-state index contributed by atoms with van der Waals surface area (Å²) in [6, 6.07) is 14.8. The van der Waals surface area contributed by atoms with Crippen molar-refractivity contribution < 1.29 is 4.74 Å². The summed E-state index contributed by atoms with van der Waals surface area (Å²) in [5.41, 5.74) is 2.35. The summed E-state index contributed by atoms with van der Waals surface area (Å²) in [5.74, 6) is 0.958. The monoisotopic (exact) mass is 340 g/mol. The van der Waals surface area contributed by atoms with Gasteiger partial charge in [0.25, 0.3) is 0 Å². The molecule has 5 heteroatoms. The van der Waals surface area contributed by atoms with Gasteiger partial charge in [0.1, 0.15) is 5.75 Å². The van der Waals surface area contributed by atoms with E-state index in [-0.39, 0.29) is 0 Å². The Balaban J connectivity index is 1.53. The Bertz CT molecular complexity index is 641. The number of para-hydroxylation sites is 2. The molecule has 0 radical (unpaired) electrons. The number of nitrogens with zero attached hydrogens (tertiary/aromatic N) is 3. The third-order valence-electron chi connectivity index (χ3n) is 4.87. The van der Waals surface area contributed by atoms with Gasteiger partial charge in [0.15, 0.2) is 0 Å².